The van der Waals surface area contributed by atoms with Gasteiger partial charge in [0.1, 0.15) is 11.6 Å². The van der Waals surface area contributed by atoms with Crippen LogP contribution in [0.25, 0.3) is 0 Å². The largest absolute Gasteiger partial charge is 0.507 e. The van der Waals surface area contributed by atoms with Crippen molar-refractivity contribution in [2.24, 2.45) is 0 Å². The zero-order valence-electron chi connectivity index (χ0n) is 6.85. The van der Waals surface area contributed by atoms with E-state index in [1.807, 2.05) is 0 Å². The zero-order valence-corrected chi connectivity index (χ0v) is 8.44. The molecule has 0 amide bonds. The van der Waals surface area contributed by atoms with Crippen LogP contribution >= 0.6 is 15.9 Å². The van der Waals surface area contributed by atoms with E-state index < -0.39 is 0 Å². The third-order valence-corrected chi connectivity index (χ3v) is 1.80. The molecule has 0 aliphatic carbocycles. The molecule has 1 nitrogen and oxygen atoms in total. The van der Waals surface area contributed by atoms with Crippen LogP contribution in [0.15, 0.2) is 18.2 Å². The zero-order chi connectivity index (χ0) is 9.68. The van der Waals surface area contributed by atoms with E-state index in [4.69, 9.17) is 0 Å². The van der Waals surface area contributed by atoms with Gasteiger partial charge in [0.2, 0.25) is 0 Å². The summed E-state index contributed by atoms with van der Waals surface area (Å²) in [6.45, 7) is 0. The molecule has 0 radical (unpaired) electrons. The molecular formula is C10H8BrFO. The lowest BCUT2D eigenvalue weighted by Gasteiger charge is -1.95. The van der Waals surface area contributed by atoms with Crippen LogP contribution < -0.4 is 0 Å². The fraction of sp³-hybridized carbons (Fsp3) is 0.200. The maximum absolute atomic E-state index is 12.7. The first kappa shape index (κ1) is 10.1. The maximum atomic E-state index is 12.7. The lowest BCUT2D eigenvalue weighted by molar-refractivity contribution is 0.471. The Morgan fingerprint density at radius 1 is 1.46 bits per heavy atom. The fourth-order valence-corrected chi connectivity index (χ4v) is 1.01. The van der Waals surface area contributed by atoms with Gasteiger partial charge in [0.25, 0.3) is 0 Å². The third-order valence-electron chi connectivity index (χ3n) is 1.40. The molecule has 13 heavy (non-hydrogen) atoms. The minimum absolute atomic E-state index is 0.0171. The van der Waals surface area contributed by atoms with Crippen LogP contribution in [0.1, 0.15) is 12.0 Å². The number of rotatable bonds is 1. The summed E-state index contributed by atoms with van der Waals surface area (Å²) < 4.78 is 12.7. The molecule has 0 bridgehead atoms. The monoisotopic (exact) mass is 242 g/mol. The molecule has 1 rings (SSSR count). The molecule has 0 fully saturated rings. The highest BCUT2D eigenvalue weighted by atomic mass is 79.9. The lowest BCUT2D eigenvalue weighted by Crippen LogP contribution is -1.79. The number of phenolic OH excluding ortho intramolecular Hbond substituents is 1. The van der Waals surface area contributed by atoms with Crippen LogP contribution in [0, 0.1) is 17.7 Å². The highest BCUT2D eigenvalue weighted by molar-refractivity contribution is 9.09. The van der Waals surface area contributed by atoms with Gasteiger partial charge < -0.3 is 5.11 Å². The third kappa shape index (κ3) is 3.08. The van der Waals surface area contributed by atoms with Crippen LogP contribution in [0.5, 0.6) is 5.75 Å². The second-order valence-electron chi connectivity index (χ2n) is 2.40. The minimum Gasteiger partial charge on any atom is -0.507 e. The molecule has 0 heterocycles. The first-order valence-electron chi connectivity index (χ1n) is 3.77. The molecule has 0 aromatic heterocycles. The van der Waals surface area contributed by atoms with Crippen molar-refractivity contribution in [3.05, 3.63) is 29.6 Å². The molecule has 0 aliphatic rings. The fourth-order valence-electron chi connectivity index (χ4n) is 0.813. The standard InChI is InChI=1S/C10H8BrFO/c11-6-2-1-3-8-7-9(12)4-5-10(8)13/h4-5,7,13H,2,6H2. The van der Waals surface area contributed by atoms with Gasteiger partial charge >= 0.3 is 0 Å². The number of alkyl halides is 1. The van der Waals surface area contributed by atoms with Crippen molar-refractivity contribution in [3.63, 3.8) is 0 Å². The number of phenols is 1. The quantitative estimate of drug-likeness (QED) is 0.593. The minimum atomic E-state index is -0.388. The Morgan fingerprint density at radius 2 is 2.23 bits per heavy atom. The van der Waals surface area contributed by atoms with Crippen LogP contribution in [0.4, 0.5) is 4.39 Å². The molecule has 0 atom stereocenters. The van der Waals surface area contributed by atoms with Gasteiger partial charge in [-0.25, -0.2) is 4.39 Å². The van der Waals surface area contributed by atoms with Gasteiger partial charge in [-0.15, -0.1) is 0 Å². The number of aromatic hydroxyl groups is 1. The Kier molecular flexibility index (Phi) is 3.78. The van der Waals surface area contributed by atoms with Crippen LogP contribution in [0.2, 0.25) is 0 Å². The number of halogens is 2. The van der Waals surface area contributed by atoms with Crippen molar-refractivity contribution in [2.75, 3.05) is 5.33 Å². The summed E-state index contributed by atoms with van der Waals surface area (Å²) in [6, 6.07) is 3.72. The van der Waals surface area contributed by atoms with Gasteiger partial charge in [0, 0.05) is 11.8 Å². The molecule has 1 N–H and O–H groups in total. The lowest BCUT2D eigenvalue weighted by atomic mass is 10.2. The van der Waals surface area contributed by atoms with Gasteiger partial charge in [-0.1, -0.05) is 27.8 Å². The van der Waals surface area contributed by atoms with Crippen LogP contribution in [0.3, 0.4) is 0 Å². The highest BCUT2D eigenvalue weighted by Gasteiger charge is 1.98. The molecule has 0 unspecified atom stereocenters. The van der Waals surface area contributed by atoms with Gasteiger partial charge in [0.05, 0.1) is 5.56 Å². The molecule has 1 aromatic carbocycles. The van der Waals surface area contributed by atoms with Crippen molar-refractivity contribution in [3.8, 4) is 17.6 Å². The first-order chi connectivity index (χ1) is 6.24. The Balaban J connectivity index is 2.89. The predicted molar refractivity (Wildman–Crippen MR) is 53.4 cm³/mol. The molecule has 0 saturated carbocycles. The summed E-state index contributed by atoms with van der Waals surface area (Å²) in [5, 5.41) is 10.0. The van der Waals surface area contributed by atoms with E-state index in [1.54, 1.807) is 0 Å². The Hall–Kier alpha value is -1.01. The summed E-state index contributed by atoms with van der Waals surface area (Å²) in [4.78, 5) is 0. The van der Waals surface area contributed by atoms with E-state index in [0.717, 1.165) is 5.33 Å². The molecule has 1 aromatic rings. The molecule has 0 aliphatic heterocycles. The maximum Gasteiger partial charge on any atom is 0.131 e. The van der Waals surface area contributed by atoms with E-state index in [1.165, 1.54) is 18.2 Å². The smallest absolute Gasteiger partial charge is 0.131 e. The van der Waals surface area contributed by atoms with Crippen molar-refractivity contribution in [1.82, 2.24) is 0 Å². The normalized spacial score (nSPS) is 9.08. The van der Waals surface area contributed by atoms with E-state index in [-0.39, 0.29) is 11.6 Å². The van der Waals surface area contributed by atoms with Crippen molar-refractivity contribution >= 4 is 15.9 Å². The number of benzene rings is 1. The van der Waals surface area contributed by atoms with Crippen molar-refractivity contribution in [2.45, 2.75) is 6.42 Å². The average Bonchev–Trinajstić information content (AvgIpc) is 2.11. The van der Waals surface area contributed by atoms with E-state index in [2.05, 4.69) is 27.8 Å². The Bertz CT molecular complexity index is 352. The average molecular weight is 243 g/mol. The van der Waals surface area contributed by atoms with Crippen LogP contribution in [-0.4, -0.2) is 10.4 Å². The summed E-state index contributed by atoms with van der Waals surface area (Å²) in [6.07, 6.45) is 0.677. The second kappa shape index (κ2) is 4.88. The van der Waals surface area contributed by atoms with Gasteiger partial charge in [-0.2, -0.15) is 0 Å². The summed E-state index contributed by atoms with van der Waals surface area (Å²) in [7, 11) is 0. The molecule has 0 spiro atoms. The topological polar surface area (TPSA) is 20.2 Å². The second-order valence-corrected chi connectivity index (χ2v) is 3.20. The molecular weight excluding hydrogens is 235 g/mol. The van der Waals surface area contributed by atoms with Crippen molar-refractivity contribution < 1.29 is 9.50 Å². The molecule has 68 valence electrons. The van der Waals surface area contributed by atoms with Gasteiger partial charge in [-0.3, -0.25) is 0 Å². The van der Waals surface area contributed by atoms with Crippen LogP contribution in [-0.2, 0) is 0 Å². The summed E-state index contributed by atoms with van der Waals surface area (Å²) in [5.41, 5.74) is 0.334. The predicted octanol–water partition coefficient (Wildman–Crippen LogP) is 2.67. The van der Waals surface area contributed by atoms with E-state index >= 15 is 0 Å². The Labute approximate surface area is 84.7 Å². The van der Waals surface area contributed by atoms with E-state index in [0.29, 0.717) is 12.0 Å². The SMILES string of the molecule is Oc1ccc(F)cc1C#CCCBr. The Morgan fingerprint density at radius 3 is 2.92 bits per heavy atom. The first-order valence-corrected chi connectivity index (χ1v) is 4.89. The van der Waals surface area contributed by atoms with E-state index in [9.17, 15) is 9.50 Å². The highest BCUT2D eigenvalue weighted by Crippen LogP contribution is 2.16. The number of hydrogen-bond acceptors (Lipinski definition) is 1. The number of hydrogen-bond donors (Lipinski definition) is 1. The summed E-state index contributed by atoms with van der Waals surface area (Å²) >= 11 is 3.22. The van der Waals surface area contributed by atoms with Crippen molar-refractivity contribution in [1.29, 1.82) is 0 Å². The summed E-state index contributed by atoms with van der Waals surface area (Å²) in [5.74, 6) is 5.11. The molecule has 3 heteroatoms. The van der Waals surface area contributed by atoms with Gasteiger partial charge in [-0.05, 0) is 18.2 Å². The molecule has 0 saturated heterocycles. The van der Waals surface area contributed by atoms with Gasteiger partial charge in [0.15, 0.2) is 0 Å².